The molecule has 0 saturated carbocycles. The highest BCUT2D eigenvalue weighted by Gasteiger charge is 2.15. The van der Waals surface area contributed by atoms with E-state index in [1.807, 2.05) is 31.2 Å². The Balaban J connectivity index is 2.73. The minimum Gasteiger partial charge on any atom is -0.512 e. The van der Waals surface area contributed by atoms with Gasteiger partial charge in [-0.15, -0.1) is 0 Å². The Hall–Kier alpha value is -2.29. The van der Waals surface area contributed by atoms with Crippen molar-refractivity contribution >= 4 is 16.5 Å². The first-order chi connectivity index (χ1) is 8.58. The van der Waals surface area contributed by atoms with E-state index in [1.54, 1.807) is 0 Å². The number of aryl methyl sites for hydroxylation is 1. The summed E-state index contributed by atoms with van der Waals surface area (Å²) in [5.41, 5.74) is 0.662. The zero-order valence-corrected chi connectivity index (χ0v) is 10.2. The van der Waals surface area contributed by atoms with Crippen LogP contribution < -0.4 is 10.6 Å². The first-order valence-corrected chi connectivity index (χ1v) is 5.73. The van der Waals surface area contributed by atoms with Gasteiger partial charge in [0.1, 0.15) is 17.3 Å². The molecule has 0 aromatic heterocycles. The van der Waals surface area contributed by atoms with E-state index in [2.05, 4.69) is 0 Å². The number of aliphatic hydroxyl groups is 1. The van der Waals surface area contributed by atoms with Gasteiger partial charge in [-0.3, -0.25) is 4.79 Å². The van der Waals surface area contributed by atoms with Gasteiger partial charge in [0.2, 0.25) is 0 Å². The molecule has 3 rings (SSSR count). The van der Waals surface area contributed by atoms with Crippen LogP contribution in [0.1, 0.15) is 12.7 Å². The van der Waals surface area contributed by atoms with Crippen LogP contribution in [0.15, 0.2) is 39.5 Å². The monoisotopic (exact) mass is 240 g/mol. The molecule has 18 heavy (non-hydrogen) atoms. The van der Waals surface area contributed by atoms with E-state index in [9.17, 15) is 9.90 Å². The molecule has 3 nitrogen and oxygen atoms in total. The van der Waals surface area contributed by atoms with Gasteiger partial charge in [0.05, 0.1) is 5.22 Å². The molecule has 90 valence electrons. The molecule has 0 bridgehead atoms. The second-order valence-electron chi connectivity index (χ2n) is 4.46. The van der Waals surface area contributed by atoms with Crippen molar-refractivity contribution in [1.29, 1.82) is 0 Å². The summed E-state index contributed by atoms with van der Waals surface area (Å²) >= 11 is 0. The summed E-state index contributed by atoms with van der Waals surface area (Å²) in [4.78, 5) is 12.0. The van der Waals surface area contributed by atoms with Crippen LogP contribution in [0.5, 0.6) is 0 Å². The van der Waals surface area contributed by atoms with Gasteiger partial charge in [-0.2, -0.15) is 0 Å². The average Bonchev–Trinajstić information content (AvgIpc) is 2.27. The maximum absolute atomic E-state index is 12.0. The third-order valence-electron chi connectivity index (χ3n) is 3.11. The predicted octanol–water partition coefficient (Wildman–Crippen LogP) is 2.61. The molecule has 0 atom stereocenters. The van der Waals surface area contributed by atoms with Crippen molar-refractivity contribution in [2.45, 2.75) is 13.8 Å². The summed E-state index contributed by atoms with van der Waals surface area (Å²) in [6, 6.07) is 9.05. The lowest BCUT2D eigenvalue weighted by Crippen LogP contribution is -2.27. The summed E-state index contributed by atoms with van der Waals surface area (Å²) in [7, 11) is 0. The number of aliphatic hydroxyl groups excluding tert-OH is 1. The van der Waals surface area contributed by atoms with Gasteiger partial charge in [-0.25, -0.2) is 0 Å². The maximum atomic E-state index is 12.0. The van der Waals surface area contributed by atoms with Crippen molar-refractivity contribution in [2.75, 3.05) is 0 Å². The van der Waals surface area contributed by atoms with Gasteiger partial charge in [-0.05, 0) is 25.3 Å². The molecular formula is C15H12O3. The fourth-order valence-electron chi connectivity index (χ4n) is 2.45. The topological polar surface area (TPSA) is 50.4 Å². The van der Waals surface area contributed by atoms with Crippen molar-refractivity contribution in [1.82, 2.24) is 0 Å². The van der Waals surface area contributed by atoms with Gasteiger partial charge >= 0.3 is 0 Å². The number of hydrogen-bond acceptors (Lipinski definition) is 3. The molecule has 1 aromatic rings. The molecule has 2 aliphatic rings. The van der Waals surface area contributed by atoms with E-state index < -0.39 is 0 Å². The molecule has 1 N–H and O–H groups in total. The predicted molar refractivity (Wildman–Crippen MR) is 70.8 cm³/mol. The summed E-state index contributed by atoms with van der Waals surface area (Å²) in [6.45, 7) is 3.37. The first kappa shape index (κ1) is 10.8. The van der Waals surface area contributed by atoms with Crippen LogP contribution in [0.4, 0.5) is 0 Å². The van der Waals surface area contributed by atoms with E-state index in [0.29, 0.717) is 11.0 Å². The van der Waals surface area contributed by atoms with Crippen LogP contribution in [0.2, 0.25) is 0 Å². The fraction of sp³-hybridized carbons (Fsp3) is 0.133. The normalized spacial score (nSPS) is 13.2. The number of hydrogen-bond donors (Lipinski definition) is 1. The van der Waals surface area contributed by atoms with Crippen LogP contribution >= 0.6 is 0 Å². The van der Waals surface area contributed by atoms with Crippen LogP contribution in [0.3, 0.4) is 0 Å². The van der Waals surface area contributed by atoms with E-state index in [-0.39, 0.29) is 11.2 Å². The molecule has 0 fully saturated rings. The highest BCUT2D eigenvalue weighted by Crippen LogP contribution is 2.30. The summed E-state index contributed by atoms with van der Waals surface area (Å²) < 4.78 is 5.59. The van der Waals surface area contributed by atoms with E-state index in [0.717, 1.165) is 22.1 Å². The SMILES string of the molecule is C/C(O)=c1/c(=O)cc2oc(C)cc3cccc1c3-2. The molecule has 3 heteroatoms. The van der Waals surface area contributed by atoms with Crippen molar-refractivity contribution in [3.05, 3.63) is 51.5 Å². The lowest BCUT2D eigenvalue weighted by atomic mass is 9.97. The summed E-state index contributed by atoms with van der Waals surface area (Å²) in [5.74, 6) is 1.36. The van der Waals surface area contributed by atoms with Crippen molar-refractivity contribution in [3.8, 4) is 11.3 Å². The van der Waals surface area contributed by atoms with Gasteiger partial charge in [0.25, 0.3) is 0 Å². The van der Waals surface area contributed by atoms with Gasteiger partial charge in [0.15, 0.2) is 5.43 Å². The Morgan fingerprint density at radius 1 is 1.28 bits per heavy atom. The standard InChI is InChI=1S/C15H12O3/c1-8-6-10-4-3-5-11-14(9(2)16)12(17)7-13(18-8)15(10)11/h3-7,16H,1-2H3/b14-9-. The van der Waals surface area contributed by atoms with Crippen LogP contribution in [-0.4, -0.2) is 5.11 Å². The molecule has 1 aliphatic heterocycles. The largest absolute Gasteiger partial charge is 0.512 e. The lowest BCUT2D eigenvalue weighted by Gasteiger charge is -2.11. The number of rotatable bonds is 0. The summed E-state index contributed by atoms with van der Waals surface area (Å²) in [6.07, 6.45) is 0. The molecule has 1 aliphatic carbocycles. The lowest BCUT2D eigenvalue weighted by molar-refractivity contribution is 0.499. The van der Waals surface area contributed by atoms with E-state index >= 15 is 0 Å². The highest BCUT2D eigenvalue weighted by atomic mass is 16.3. The Morgan fingerprint density at radius 2 is 2.06 bits per heavy atom. The van der Waals surface area contributed by atoms with E-state index in [1.165, 1.54) is 13.0 Å². The molecular weight excluding hydrogens is 228 g/mol. The first-order valence-electron chi connectivity index (χ1n) is 5.73. The van der Waals surface area contributed by atoms with E-state index in [4.69, 9.17) is 4.42 Å². The Labute approximate surface area is 103 Å². The van der Waals surface area contributed by atoms with Crippen molar-refractivity contribution < 1.29 is 9.52 Å². The molecule has 0 amide bonds. The molecule has 0 spiro atoms. The Kier molecular flexibility index (Phi) is 2.17. The van der Waals surface area contributed by atoms with Crippen LogP contribution in [-0.2, 0) is 0 Å². The second-order valence-corrected chi connectivity index (χ2v) is 4.46. The zero-order chi connectivity index (χ0) is 12.9. The molecule has 1 heterocycles. The maximum Gasteiger partial charge on any atom is 0.193 e. The quantitative estimate of drug-likeness (QED) is 0.657. The Bertz CT molecular complexity index is 823. The van der Waals surface area contributed by atoms with Gasteiger partial charge in [-0.1, -0.05) is 18.2 Å². The fourth-order valence-corrected chi connectivity index (χ4v) is 2.45. The zero-order valence-electron chi connectivity index (χ0n) is 10.2. The Morgan fingerprint density at radius 3 is 2.78 bits per heavy atom. The summed E-state index contributed by atoms with van der Waals surface area (Å²) in [5, 5.41) is 11.8. The minimum absolute atomic E-state index is 0.0370. The average molecular weight is 240 g/mol. The molecule has 0 unspecified atom stereocenters. The highest BCUT2D eigenvalue weighted by molar-refractivity contribution is 5.96. The van der Waals surface area contributed by atoms with Crippen molar-refractivity contribution in [2.24, 2.45) is 0 Å². The third-order valence-corrected chi connectivity index (χ3v) is 3.11. The number of benzene rings is 2. The second kappa shape index (κ2) is 3.60. The van der Waals surface area contributed by atoms with Crippen LogP contribution in [0.25, 0.3) is 27.9 Å². The van der Waals surface area contributed by atoms with Crippen LogP contribution in [0, 0.1) is 6.92 Å². The third kappa shape index (κ3) is 1.40. The molecule has 0 radical (unpaired) electrons. The smallest absolute Gasteiger partial charge is 0.193 e. The minimum atomic E-state index is -0.218. The van der Waals surface area contributed by atoms with Crippen molar-refractivity contribution in [3.63, 3.8) is 0 Å². The van der Waals surface area contributed by atoms with Gasteiger partial charge in [0, 0.05) is 17.0 Å². The molecule has 1 aromatic carbocycles. The van der Waals surface area contributed by atoms with Gasteiger partial charge < -0.3 is 9.52 Å². The molecule has 0 saturated heterocycles.